The van der Waals surface area contributed by atoms with Crippen molar-refractivity contribution in [3.63, 3.8) is 0 Å². The summed E-state index contributed by atoms with van der Waals surface area (Å²) in [6.45, 7) is 7.48. The lowest BCUT2D eigenvalue weighted by atomic mass is 10.1. The van der Waals surface area contributed by atoms with E-state index >= 15 is 0 Å². The molecule has 2 aromatic heterocycles. The van der Waals surface area contributed by atoms with E-state index in [1.54, 1.807) is 23.5 Å². The summed E-state index contributed by atoms with van der Waals surface area (Å²) in [6.07, 6.45) is 8.96. The maximum absolute atomic E-state index is 13.1. The predicted molar refractivity (Wildman–Crippen MR) is 92.1 cm³/mol. The number of nitrogens with zero attached hydrogens (tertiary/aromatic N) is 4. The highest BCUT2D eigenvalue weighted by Crippen LogP contribution is 2.22. The molecule has 1 fully saturated rings. The van der Waals surface area contributed by atoms with E-state index in [2.05, 4.69) is 30.9 Å². The first-order valence-electron chi connectivity index (χ1n) is 8.34. The van der Waals surface area contributed by atoms with Crippen molar-refractivity contribution in [2.24, 2.45) is 0 Å². The average molecular weight is 328 g/mol. The summed E-state index contributed by atoms with van der Waals surface area (Å²) in [5.74, 6) is -0.0628. The lowest BCUT2D eigenvalue weighted by Crippen LogP contribution is -2.37. The Kier molecular flexibility index (Phi) is 4.66. The van der Waals surface area contributed by atoms with Crippen molar-refractivity contribution in [1.82, 2.24) is 14.8 Å². The van der Waals surface area contributed by atoms with Crippen LogP contribution in [-0.4, -0.2) is 39.9 Å². The maximum atomic E-state index is 13.1. The highest BCUT2D eigenvalue weighted by atomic mass is 16.5. The Hall–Kier alpha value is -2.21. The Labute approximate surface area is 142 Å². The fourth-order valence-corrected chi connectivity index (χ4v) is 2.78. The summed E-state index contributed by atoms with van der Waals surface area (Å²) in [7, 11) is 0. The molecule has 0 spiro atoms. The minimum atomic E-state index is -0.158. The molecule has 1 saturated heterocycles. The summed E-state index contributed by atoms with van der Waals surface area (Å²) in [5, 5.41) is 4.34. The number of amides is 1. The number of hydrogen-bond donors (Lipinski definition) is 0. The van der Waals surface area contributed by atoms with E-state index in [1.807, 2.05) is 23.0 Å². The van der Waals surface area contributed by atoms with Gasteiger partial charge >= 0.3 is 0 Å². The second-order valence-electron chi connectivity index (χ2n) is 7.10. The molecule has 0 radical (unpaired) electrons. The third kappa shape index (κ3) is 3.64. The first-order valence-corrected chi connectivity index (χ1v) is 8.34. The van der Waals surface area contributed by atoms with Crippen LogP contribution < -0.4 is 4.90 Å². The Morgan fingerprint density at radius 3 is 2.71 bits per heavy atom. The van der Waals surface area contributed by atoms with Crippen LogP contribution in [0.4, 0.5) is 5.69 Å². The van der Waals surface area contributed by atoms with Gasteiger partial charge in [0, 0.05) is 30.9 Å². The fourth-order valence-electron chi connectivity index (χ4n) is 2.78. The van der Waals surface area contributed by atoms with Crippen LogP contribution in [0, 0.1) is 0 Å². The molecule has 128 valence electrons. The largest absolute Gasteiger partial charge is 0.376 e. The fraction of sp³-hybridized carbons (Fsp3) is 0.500. The van der Waals surface area contributed by atoms with Crippen molar-refractivity contribution in [3.05, 3.63) is 42.5 Å². The van der Waals surface area contributed by atoms with Crippen LogP contribution in [-0.2, 0) is 10.3 Å². The zero-order valence-electron chi connectivity index (χ0n) is 14.5. The normalized spacial score (nSPS) is 17.9. The molecule has 3 heterocycles. The van der Waals surface area contributed by atoms with Crippen LogP contribution in [0.1, 0.15) is 44.0 Å². The first-order chi connectivity index (χ1) is 11.4. The Morgan fingerprint density at radius 1 is 1.38 bits per heavy atom. The number of carbonyl (C=O) groups excluding carboxylic acids is 1. The number of hydrogen-bond acceptors (Lipinski definition) is 4. The van der Waals surface area contributed by atoms with Crippen molar-refractivity contribution >= 4 is 11.6 Å². The molecule has 2 aromatic rings. The highest BCUT2D eigenvalue weighted by molar-refractivity contribution is 6.05. The van der Waals surface area contributed by atoms with Gasteiger partial charge in [-0.3, -0.25) is 14.5 Å². The number of anilines is 1. The van der Waals surface area contributed by atoms with E-state index in [4.69, 9.17) is 4.74 Å². The standard InChI is InChI=1S/C18H24N4O2/c1-18(2,3)22-12-14(11-20-22)17(23)21(13-16-5-4-10-24-16)15-6-8-19-9-7-15/h6-9,11-12,16H,4-5,10,13H2,1-3H3. The van der Waals surface area contributed by atoms with Crippen molar-refractivity contribution < 1.29 is 9.53 Å². The molecule has 6 nitrogen and oxygen atoms in total. The van der Waals surface area contributed by atoms with Gasteiger partial charge in [0.05, 0.1) is 29.9 Å². The maximum Gasteiger partial charge on any atom is 0.261 e. The number of aromatic nitrogens is 3. The van der Waals surface area contributed by atoms with E-state index in [0.29, 0.717) is 12.1 Å². The molecule has 6 heteroatoms. The van der Waals surface area contributed by atoms with Crippen LogP contribution >= 0.6 is 0 Å². The summed E-state index contributed by atoms with van der Waals surface area (Å²) in [4.78, 5) is 18.9. The van der Waals surface area contributed by atoms with Crippen LogP contribution in [0.5, 0.6) is 0 Å². The van der Waals surface area contributed by atoms with E-state index in [1.165, 1.54) is 0 Å². The molecule has 0 bridgehead atoms. The number of pyridine rings is 1. The quantitative estimate of drug-likeness (QED) is 0.866. The predicted octanol–water partition coefficient (Wildman–Crippen LogP) is 2.86. The third-order valence-electron chi connectivity index (χ3n) is 4.15. The first kappa shape index (κ1) is 16.6. The molecule has 0 aliphatic carbocycles. The van der Waals surface area contributed by atoms with E-state index < -0.39 is 0 Å². The molecule has 3 rings (SSSR count). The third-order valence-corrected chi connectivity index (χ3v) is 4.15. The van der Waals surface area contributed by atoms with Crippen LogP contribution in [0.2, 0.25) is 0 Å². The van der Waals surface area contributed by atoms with Crippen molar-refractivity contribution in [2.45, 2.75) is 45.3 Å². The number of carbonyl (C=O) groups is 1. The molecule has 0 saturated carbocycles. The average Bonchev–Trinajstić information content (AvgIpc) is 3.24. The Bertz CT molecular complexity index is 685. The molecule has 1 atom stereocenters. The second kappa shape index (κ2) is 6.73. The van der Waals surface area contributed by atoms with Gasteiger partial charge in [-0.15, -0.1) is 0 Å². The molecule has 0 N–H and O–H groups in total. The Morgan fingerprint density at radius 2 is 2.12 bits per heavy atom. The van der Waals surface area contributed by atoms with Crippen LogP contribution in [0.25, 0.3) is 0 Å². The monoisotopic (exact) mass is 328 g/mol. The summed E-state index contributed by atoms with van der Waals surface area (Å²) in [5.41, 5.74) is 1.25. The molecule has 24 heavy (non-hydrogen) atoms. The van der Waals surface area contributed by atoms with Crippen molar-refractivity contribution in [2.75, 3.05) is 18.1 Å². The van der Waals surface area contributed by atoms with Gasteiger partial charge in [-0.1, -0.05) is 0 Å². The van der Waals surface area contributed by atoms with Gasteiger partial charge in [-0.05, 0) is 45.7 Å². The SMILES string of the molecule is CC(C)(C)n1cc(C(=O)N(CC2CCCO2)c2ccncc2)cn1. The molecule has 1 amide bonds. The van der Waals surface area contributed by atoms with E-state index in [0.717, 1.165) is 25.1 Å². The smallest absolute Gasteiger partial charge is 0.261 e. The van der Waals surface area contributed by atoms with Gasteiger partial charge in [0.25, 0.3) is 5.91 Å². The zero-order valence-corrected chi connectivity index (χ0v) is 14.5. The van der Waals surface area contributed by atoms with Gasteiger partial charge in [0.2, 0.25) is 0 Å². The minimum absolute atomic E-state index is 0.0628. The van der Waals surface area contributed by atoms with Gasteiger partial charge < -0.3 is 9.64 Å². The molecule has 0 aromatic carbocycles. The molecular weight excluding hydrogens is 304 g/mol. The van der Waals surface area contributed by atoms with Gasteiger partial charge in [0.15, 0.2) is 0 Å². The summed E-state index contributed by atoms with van der Waals surface area (Å²) < 4.78 is 7.54. The summed E-state index contributed by atoms with van der Waals surface area (Å²) >= 11 is 0. The lowest BCUT2D eigenvalue weighted by molar-refractivity contribution is 0.0917. The van der Waals surface area contributed by atoms with Crippen LogP contribution in [0.15, 0.2) is 36.9 Å². The van der Waals surface area contributed by atoms with E-state index in [-0.39, 0.29) is 17.6 Å². The van der Waals surface area contributed by atoms with Crippen molar-refractivity contribution in [3.8, 4) is 0 Å². The second-order valence-corrected chi connectivity index (χ2v) is 7.10. The minimum Gasteiger partial charge on any atom is -0.376 e. The lowest BCUT2D eigenvalue weighted by Gasteiger charge is -2.25. The Balaban J connectivity index is 1.86. The molecule has 1 aliphatic heterocycles. The van der Waals surface area contributed by atoms with Crippen molar-refractivity contribution in [1.29, 1.82) is 0 Å². The molecule has 1 unspecified atom stereocenters. The summed E-state index contributed by atoms with van der Waals surface area (Å²) in [6, 6.07) is 3.70. The van der Waals surface area contributed by atoms with Gasteiger partial charge in [-0.2, -0.15) is 5.10 Å². The number of rotatable bonds is 4. The molecular formula is C18H24N4O2. The van der Waals surface area contributed by atoms with Gasteiger partial charge in [-0.25, -0.2) is 0 Å². The topological polar surface area (TPSA) is 60.2 Å². The number of ether oxygens (including phenoxy) is 1. The highest BCUT2D eigenvalue weighted by Gasteiger charge is 2.26. The molecule has 1 aliphatic rings. The van der Waals surface area contributed by atoms with Gasteiger partial charge in [0.1, 0.15) is 0 Å². The van der Waals surface area contributed by atoms with E-state index in [9.17, 15) is 4.79 Å². The van der Waals surface area contributed by atoms with Crippen LogP contribution in [0.3, 0.4) is 0 Å². The zero-order chi connectivity index (χ0) is 17.2.